The van der Waals surface area contributed by atoms with Crippen molar-refractivity contribution in [2.75, 3.05) is 6.54 Å². The van der Waals surface area contributed by atoms with Crippen LogP contribution in [0.25, 0.3) is 10.8 Å². The molecule has 0 aromatic heterocycles. The van der Waals surface area contributed by atoms with Crippen LogP contribution < -0.4 is 5.32 Å². The molecule has 0 aliphatic heterocycles. The maximum Gasteiger partial charge on any atom is 0.255 e. The number of carbonyl (C=O) groups is 1. The summed E-state index contributed by atoms with van der Waals surface area (Å²) in [5.74, 6) is 1.19. The molecule has 98 valence electrons. The molecule has 0 heterocycles. The fraction of sp³-hybridized carbons (Fsp3) is 0.312. The summed E-state index contributed by atoms with van der Waals surface area (Å²) in [6.45, 7) is 2.89. The third-order valence-electron chi connectivity index (χ3n) is 3.95. The van der Waals surface area contributed by atoms with Crippen LogP contribution in [0.1, 0.15) is 23.7 Å². The van der Waals surface area contributed by atoms with E-state index in [4.69, 9.17) is 0 Å². The van der Waals surface area contributed by atoms with Gasteiger partial charge in [0.05, 0.1) is 5.56 Å². The second-order valence-corrected chi connectivity index (χ2v) is 5.37. The van der Waals surface area contributed by atoms with Crippen LogP contribution in [0, 0.1) is 11.8 Å². The van der Waals surface area contributed by atoms with Crippen LogP contribution in [-0.2, 0) is 0 Å². The molecule has 2 aromatic rings. The zero-order chi connectivity index (χ0) is 13.4. The van der Waals surface area contributed by atoms with Crippen LogP contribution >= 0.6 is 0 Å². The number of benzene rings is 2. The number of hydrogen-bond donors (Lipinski definition) is 2. The average molecular weight is 255 g/mol. The number of nitrogens with one attached hydrogen (secondary N) is 1. The first kappa shape index (κ1) is 12.0. The molecule has 3 nitrogen and oxygen atoms in total. The molecular weight excluding hydrogens is 238 g/mol. The number of fused-ring (bicyclic) bond motifs is 1. The molecule has 1 amide bonds. The van der Waals surface area contributed by atoms with Gasteiger partial charge in [0, 0.05) is 11.9 Å². The number of aromatic hydroxyl groups is 1. The molecule has 2 atom stereocenters. The topological polar surface area (TPSA) is 49.3 Å². The Labute approximate surface area is 112 Å². The van der Waals surface area contributed by atoms with E-state index in [0.717, 1.165) is 10.8 Å². The first-order chi connectivity index (χ1) is 9.16. The fourth-order valence-electron chi connectivity index (χ4n) is 2.44. The van der Waals surface area contributed by atoms with E-state index in [9.17, 15) is 9.90 Å². The first-order valence-electron chi connectivity index (χ1n) is 6.65. The van der Waals surface area contributed by atoms with Gasteiger partial charge < -0.3 is 10.4 Å². The average Bonchev–Trinajstić information content (AvgIpc) is 3.13. The number of hydrogen-bond acceptors (Lipinski definition) is 2. The Morgan fingerprint density at radius 3 is 2.79 bits per heavy atom. The van der Waals surface area contributed by atoms with Crippen LogP contribution in [0.4, 0.5) is 0 Å². The lowest BCUT2D eigenvalue weighted by Crippen LogP contribution is -2.25. The number of carbonyl (C=O) groups excluding carboxylic acids is 1. The molecule has 1 aliphatic carbocycles. The Morgan fingerprint density at radius 2 is 2.05 bits per heavy atom. The van der Waals surface area contributed by atoms with Gasteiger partial charge in [-0.1, -0.05) is 37.3 Å². The van der Waals surface area contributed by atoms with E-state index in [1.807, 2.05) is 30.3 Å². The Kier molecular flexibility index (Phi) is 2.90. The molecule has 1 aliphatic rings. The monoisotopic (exact) mass is 255 g/mol. The van der Waals surface area contributed by atoms with E-state index < -0.39 is 0 Å². The second-order valence-electron chi connectivity index (χ2n) is 5.37. The lowest BCUT2D eigenvalue weighted by molar-refractivity contribution is 0.0949. The van der Waals surface area contributed by atoms with E-state index in [1.165, 1.54) is 6.42 Å². The lowest BCUT2D eigenvalue weighted by atomic mass is 10.0. The van der Waals surface area contributed by atoms with Gasteiger partial charge in [-0.3, -0.25) is 4.79 Å². The smallest absolute Gasteiger partial charge is 0.255 e. The molecule has 2 aromatic carbocycles. The van der Waals surface area contributed by atoms with Crippen LogP contribution in [0.15, 0.2) is 36.4 Å². The summed E-state index contributed by atoms with van der Waals surface area (Å²) in [6, 6.07) is 11.1. The highest BCUT2D eigenvalue weighted by atomic mass is 16.3. The summed E-state index contributed by atoms with van der Waals surface area (Å²) in [4.78, 5) is 12.1. The third kappa shape index (κ3) is 2.28. The number of rotatable bonds is 3. The number of phenols is 1. The van der Waals surface area contributed by atoms with Crippen molar-refractivity contribution in [1.82, 2.24) is 5.32 Å². The summed E-state index contributed by atoms with van der Waals surface area (Å²) in [5, 5.41) is 14.7. The van der Waals surface area contributed by atoms with Gasteiger partial charge in [0.15, 0.2) is 0 Å². The van der Waals surface area contributed by atoms with Gasteiger partial charge in [-0.25, -0.2) is 0 Å². The minimum Gasteiger partial charge on any atom is -0.506 e. The Morgan fingerprint density at radius 1 is 1.32 bits per heavy atom. The summed E-state index contributed by atoms with van der Waals surface area (Å²) in [5.41, 5.74) is 0.354. The second kappa shape index (κ2) is 4.57. The quantitative estimate of drug-likeness (QED) is 0.886. The minimum absolute atomic E-state index is 0.0689. The number of amides is 1. The normalized spacial score (nSPS) is 21.3. The van der Waals surface area contributed by atoms with Crippen LogP contribution in [-0.4, -0.2) is 17.6 Å². The van der Waals surface area contributed by atoms with Gasteiger partial charge in [0.2, 0.25) is 0 Å². The fourth-order valence-corrected chi connectivity index (χ4v) is 2.44. The Bertz CT molecular complexity index is 636. The maximum absolute atomic E-state index is 12.1. The van der Waals surface area contributed by atoms with Crippen LogP contribution in [0.3, 0.4) is 0 Å². The van der Waals surface area contributed by atoms with Crippen molar-refractivity contribution in [3.8, 4) is 5.75 Å². The summed E-state index contributed by atoms with van der Waals surface area (Å²) < 4.78 is 0. The van der Waals surface area contributed by atoms with Crippen molar-refractivity contribution >= 4 is 16.7 Å². The Hall–Kier alpha value is -2.03. The maximum atomic E-state index is 12.1. The first-order valence-corrected chi connectivity index (χ1v) is 6.65. The van der Waals surface area contributed by atoms with E-state index in [1.54, 1.807) is 6.07 Å². The predicted molar refractivity (Wildman–Crippen MR) is 75.2 cm³/mol. The van der Waals surface area contributed by atoms with Gasteiger partial charge in [-0.05, 0) is 29.7 Å². The molecule has 1 saturated carbocycles. The van der Waals surface area contributed by atoms with E-state index in [2.05, 4.69) is 12.2 Å². The van der Waals surface area contributed by atoms with E-state index in [0.29, 0.717) is 23.9 Å². The van der Waals surface area contributed by atoms with Gasteiger partial charge in [0.1, 0.15) is 5.75 Å². The van der Waals surface area contributed by atoms with Crippen molar-refractivity contribution in [3.63, 3.8) is 0 Å². The van der Waals surface area contributed by atoms with Crippen molar-refractivity contribution in [3.05, 3.63) is 42.0 Å². The molecule has 0 spiro atoms. The molecule has 1 fully saturated rings. The zero-order valence-electron chi connectivity index (χ0n) is 10.9. The molecule has 0 bridgehead atoms. The summed E-state index contributed by atoms with van der Waals surface area (Å²) >= 11 is 0. The predicted octanol–water partition coefficient (Wildman–Crippen LogP) is 2.93. The van der Waals surface area contributed by atoms with Gasteiger partial charge >= 0.3 is 0 Å². The molecule has 0 radical (unpaired) electrons. The molecule has 19 heavy (non-hydrogen) atoms. The number of phenolic OH excluding ortho intramolecular Hbond substituents is 1. The third-order valence-corrected chi connectivity index (χ3v) is 3.95. The summed E-state index contributed by atoms with van der Waals surface area (Å²) in [6.07, 6.45) is 1.18. The molecule has 3 heteroatoms. The van der Waals surface area contributed by atoms with Gasteiger partial charge in [-0.2, -0.15) is 0 Å². The highest BCUT2D eigenvalue weighted by Crippen LogP contribution is 2.37. The van der Waals surface area contributed by atoms with Crippen LogP contribution in [0.2, 0.25) is 0 Å². The molecule has 2 N–H and O–H groups in total. The van der Waals surface area contributed by atoms with E-state index >= 15 is 0 Å². The highest BCUT2D eigenvalue weighted by molar-refractivity contribution is 6.03. The standard InChI is InChI=1S/C16H17NO2/c1-10-8-12(10)9-17-16(19)14-7-6-11-4-2-3-5-13(11)15(14)18/h2-7,10,12,18H,8-9H2,1H3,(H,17,19). The van der Waals surface area contributed by atoms with E-state index in [-0.39, 0.29) is 11.7 Å². The van der Waals surface area contributed by atoms with Crippen LogP contribution in [0.5, 0.6) is 5.75 Å². The summed E-state index contributed by atoms with van der Waals surface area (Å²) in [7, 11) is 0. The highest BCUT2D eigenvalue weighted by Gasteiger charge is 2.32. The zero-order valence-corrected chi connectivity index (χ0v) is 10.9. The molecule has 3 rings (SSSR count). The molecule has 0 saturated heterocycles. The Balaban J connectivity index is 1.83. The SMILES string of the molecule is CC1CC1CNC(=O)c1ccc2ccccc2c1O. The molecule has 2 unspecified atom stereocenters. The van der Waals surface area contributed by atoms with Gasteiger partial charge in [0.25, 0.3) is 5.91 Å². The molecular formula is C16H17NO2. The van der Waals surface area contributed by atoms with Crippen molar-refractivity contribution in [2.24, 2.45) is 11.8 Å². The van der Waals surface area contributed by atoms with Crippen molar-refractivity contribution in [1.29, 1.82) is 0 Å². The largest absolute Gasteiger partial charge is 0.506 e. The minimum atomic E-state index is -0.192. The van der Waals surface area contributed by atoms with Crippen molar-refractivity contribution < 1.29 is 9.90 Å². The van der Waals surface area contributed by atoms with Crippen molar-refractivity contribution in [2.45, 2.75) is 13.3 Å². The van der Waals surface area contributed by atoms with Gasteiger partial charge in [-0.15, -0.1) is 0 Å². The lowest BCUT2D eigenvalue weighted by Gasteiger charge is -2.08.